The zero-order valence-corrected chi connectivity index (χ0v) is 11.1. The van der Waals surface area contributed by atoms with Gasteiger partial charge in [-0.25, -0.2) is 0 Å². The number of hydrogen-bond donors (Lipinski definition) is 2. The Morgan fingerprint density at radius 3 is 2.43 bits per heavy atom. The van der Waals surface area contributed by atoms with E-state index >= 15 is 0 Å². The fourth-order valence-electron chi connectivity index (χ4n) is 2.34. The van der Waals surface area contributed by atoms with Gasteiger partial charge in [0.1, 0.15) is 5.69 Å². The number of carbonyl (C=O) groups is 2. The largest absolute Gasteiger partial charge is 0.481 e. The molecule has 0 aliphatic heterocycles. The van der Waals surface area contributed by atoms with Crippen LogP contribution in [0, 0.1) is 22.0 Å². The normalized spacial score (nSPS) is 20.8. The highest BCUT2D eigenvalue weighted by Crippen LogP contribution is 2.29. The third kappa shape index (κ3) is 3.25. The molecule has 21 heavy (non-hydrogen) atoms. The highest BCUT2D eigenvalue weighted by Gasteiger charge is 2.34. The maximum absolute atomic E-state index is 12.2. The number of nitro benzene ring substituents is 1. The quantitative estimate of drug-likeness (QED) is 0.502. The molecule has 1 aromatic rings. The van der Waals surface area contributed by atoms with Gasteiger partial charge in [0.25, 0.3) is 5.69 Å². The van der Waals surface area contributed by atoms with Gasteiger partial charge in [-0.2, -0.15) is 0 Å². The SMILES string of the molecule is O=C(O)[C@H]1CC=CC[C@H]1C(=O)Nc1ccccc1[N+](=O)[O-]. The van der Waals surface area contributed by atoms with Gasteiger partial charge in [0.05, 0.1) is 16.8 Å². The predicted molar refractivity (Wildman–Crippen MR) is 74.7 cm³/mol. The van der Waals surface area contributed by atoms with Crippen LogP contribution >= 0.6 is 0 Å². The van der Waals surface area contributed by atoms with E-state index in [1.807, 2.05) is 0 Å². The van der Waals surface area contributed by atoms with Crippen molar-refractivity contribution in [3.05, 3.63) is 46.5 Å². The van der Waals surface area contributed by atoms with Gasteiger partial charge in [-0.15, -0.1) is 0 Å². The smallest absolute Gasteiger partial charge is 0.307 e. The number of nitrogens with zero attached hydrogens (tertiary/aromatic N) is 1. The zero-order valence-electron chi connectivity index (χ0n) is 11.1. The Morgan fingerprint density at radius 2 is 1.81 bits per heavy atom. The lowest BCUT2D eigenvalue weighted by Crippen LogP contribution is -2.34. The number of carboxylic acid groups (broad SMARTS) is 1. The molecule has 2 rings (SSSR count). The van der Waals surface area contributed by atoms with Crippen molar-refractivity contribution in [2.24, 2.45) is 11.8 Å². The van der Waals surface area contributed by atoms with Crippen molar-refractivity contribution in [3.63, 3.8) is 0 Å². The van der Waals surface area contributed by atoms with Crippen molar-refractivity contribution >= 4 is 23.3 Å². The minimum atomic E-state index is -1.04. The van der Waals surface area contributed by atoms with E-state index < -0.39 is 28.6 Å². The first kappa shape index (κ1) is 14.7. The summed E-state index contributed by atoms with van der Waals surface area (Å²) in [5, 5.41) is 22.5. The van der Waals surface area contributed by atoms with Gasteiger partial charge in [0.2, 0.25) is 5.91 Å². The molecule has 1 aliphatic carbocycles. The van der Waals surface area contributed by atoms with Gasteiger partial charge in [-0.05, 0) is 18.9 Å². The van der Waals surface area contributed by atoms with Crippen molar-refractivity contribution in [1.29, 1.82) is 0 Å². The zero-order chi connectivity index (χ0) is 15.4. The number of nitrogens with one attached hydrogen (secondary N) is 1. The Kier molecular flexibility index (Phi) is 4.32. The second kappa shape index (κ2) is 6.17. The molecule has 1 amide bonds. The van der Waals surface area contributed by atoms with Crippen LogP contribution in [0.15, 0.2) is 36.4 Å². The van der Waals surface area contributed by atoms with Gasteiger partial charge in [0.15, 0.2) is 0 Å². The van der Waals surface area contributed by atoms with Crippen LogP contribution in [0.3, 0.4) is 0 Å². The molecule has 0 saturated heterocycles. The number of anilines is 1. The summed E-state index contributed by atoms with van der Waals surface area (Å²) in [6.07, 6.45) is 4.07. The molecule has 2 atom stereocenters. The average Bonchev–Trinajstić information content (AvgIpc) is 2.47. The highest BCUT2D eigenvalue weighted by molar-refractivity contribution is 5.97. The van der Waals surface area contributed by atoms with E-state index in [0.717, 1.165) is 0 Å². The molecule has 1 aromatic carbocycles. The molecule has 0 unspecified atom stereocenters. The molecule has 7 nitrogen and oxygen atoms in total. The number of carbonyl (C=O) groups excluding carboxylic acids is 1. The minimum absolute atomic E-state index is 0.0752. The summed E-state index contributed by atoms with van der Waals surface area (Å²) in [6, 6.07) is 5.77. The summed E-state index contributed by atoms with van der Waals surface area (Å²) < 4.78 is 0. The molecule has 0 radical (unpaired) electrons. The number of aliphatic carboxylic acids is 1. The molecule has 0 bridgehead atoms. The third-order valence-electron chi connectivity index (χ3n) is 3.44. The van der Waals surface area contributed by atoms with Gasteiger partial charge in [-0.1, -0.05) is 24.3 Å². The molecule has 110 valence electrons. The Balaban J connectivity index is 2.20. The van der Waals surface area contributed by atoms with E-state index in [2.05, 4.69) is 5.32 Å². The van der Waals surface area contributed by atoms with Crippen LogP contribution in [0.4, 0.5) is 11.4 Å². The number of para-hydroxylation sites is 2. The molecule has 0 aromatic heterocycles. The van der Waals surface area contributed by atoms with Crippen LogP contribution in [0.1, 0.15) is 12.8 Å². The van der Waals surface area contributed by atoms with E-state index in [1.165, 1.54) is 18.2 Å². The summed E-state index contributed by atoms with van der Waals surface area (Å²) in [4.78, 5) is 33.7. The summed E-state index contributed by atoms with van der Waals surface area (Å²) in [6.45, 7) is 0. The van der Waals surface area contributed by atoms with Crippen LogP contribution in [0.2, 0.25) is 0 Å². The van der Waals surface area contributed by atoms with E-state index in [9.17, 15) is 19.7 Å². The number of nitro groups is 1. The van der Waals surface area contributed by atoms with Crippen molar-refractivity contribution in [2.75, 3.05) is 5.32 Å². The molecule has 0 fully saturated rings. The lowest BCUT2D eigenvalue weighted by Gasteiger charge is -2.24. The Bertz CT molecular complexity index is 611. The van der Waals surface area contributed by atoms with E-state index in [4.69, 9.17) is 5.11 Å². The predicted octanol–water partition coefficient (Wildman–Crippen LogP) is 2.20. The van der Waals surface area contributed by atoms with Gasteiger partial charge in [0, 0.05) is 6.07 Å². The summed E-state index contributed by atoms with van der Waals surface area (Å²) in [5.41, 5.74) is -0.143. The maximum atomic E-state index is 12.2. The first-order chi connectivity index (χ1) is 10.0. The maximum Gasteiger partial charge on any atom is 0.307 e. The molecular formula is C14H14N2O5. The Morgan fingerprint density at radius 1 is 1.19 bits per heavy atom. The van der Waals surface area contributed by atoms with Crippen LogP contribution in [0.25, 0.3) is 0 Å². The molecule has 7 heteroatoms. The molecule has 1 aliphatic rings. The van der Waals surface area contributed by atoms with Gasteiger partial charge >= 0.3 is 5.97 Å². The van der Waals surface area contributed by atoms with Crippen molar-refractivity contribution in [1.82, 2.24) is 0 Å². The molecule has 0 saturated carbocycles. The number of allylic oxidation sites excluding steroid dienone is 2. The first-order valence-electron chi connectivity index (χ1n) is 6.42. The highest BCUT2D eigenvalue weighted by atomic mass is 16.6. The van der Waals surface area contributed by atoms with Crippen LogP contribution in [-0.2, 0) is 9.59 Å². The van der Waals surface area contributed by atoms with E-state index in [0.29, 0.717) is 6.42 Å². The first-order valence-corrected chi connectivity index (χ1v) is 6.42. The molecule has 0 spiro atoms. The molecule has 0 heterocycles. The van der Waals surface area contributed by atoms with Crippen LogP contribution in [0.5, 0.6) is 0 Å². The van der Waals surface area contributed by atoms with Gasteiger partial charge in [-0.3, -0.25) is 19.7 Å². The van der Waals surface area contributed by atoms with Crippen LogP contribution in [-0.4, -0.2) is 21.9 Å². The van der Waals surface area contributed by atoms with Crippen LogP contribution < -0.4 is 5.32 Å². The Hall–Kier alpha value is -2.70. The second-order valence-corrected chi connectivity index (χ2v) is 4.76. The number of rotatable bonds is 4. The average molecular weight is 290 g/mol. The number of amides is 1. The summed E-state index contributed by atoms with van der Waals surface area (Å²) in [5.74, 6) is -3.09. The topological polar surface area (TPSA) is 110 Å². The fraction of sp³-hybridized carbons (Fsp3) is 0.286. The summed E-state index contributed by atoms with van der Waals surface area (Å²) in [7, 11) is 0. The molecular weight excluding hydrogens is 276 g/mol. The second-order valence-electron chi connectivity index (χ2n) is 4.76. The van der Waals surface area contributed by atoms with E-state index in [-0.39, 0.29) is 17.8 Å². The third-order valence-corrected chi connectivity index (χ3v) is 3.44. The number of benzene rings is 1. The van der Waals surface area contributed by atoms with Crippen molar-refractivity contribution in [2.45, 2.75) is 12.8 Å². The monoisotopic (exact) mass is 290 g/mol. The van der Waals surface area contributed by atoms with E-state index in [1.54, 1.807) is 18.2 Å². The van der Waals surface area contributed by atoms with Crippen molar-refractivity contribution in [3.8, 4) is 0 Å². The van der Waals surface area contributed by atoms with Gasteiger partial charge < -0.3 is 10.4 Å². The minimum Gasteiger partial charge on any atom is -0.481 e. The number of carboxylic acids is 1. The lowest BCUT2D eigenvalue weighted by atomic mass is 9.82. The van der Waals surface area contributed by atoms with Crippen molar-refractivity contribution < 1.29 is 19.6 Å². The standard InChI is InChI=1S/C14H14N2O5/c17-13(9-5-1-2-6-10(9)14(18)19)15-11-7-3-4-8-12(11)16(20)21/h1-4,7-10H,5-6H2,(H,15,17)(H,18,19)/t9-,10+/m1/s1. The fourth-order valence-corrected chi connectivity index (χ4v) is 2.34. The summed E-state index contributed by atoms with van der Waals surface area (Å²) >= 11 is 0. The molecule has 2 N–H and O–H groups in total. The lowest BCUT2D eigenvalue weighted by molar-refractivity contribution is -0.383. The number of hydrogen-bond acceptors (Lipinski definition) is 4. The Labute approximate surface area is 120 Å².